The number of aromatic nitrogens is 1. The smallest absolute Gasteiger partial charge is 0.126 e. The van der Waals surface area contributed by atoms with Gasteiger partial charge >= 0.3 is 0 Å². The molecule has 0 spiro atoms. The van der Waals surface area contributed by atoms with Gasteiger partial charge in [0.05, 0.1) is 18.4 Å². The highest BCUT2D eigenvalue weighted by atomic mass is 16.3. The SMILES string of the molecule is Cc1ccc(CNc2ccc(N3CCC(CO)CC3)cn2)o1. The third kappa shape index (κ3) is 3.60. The van der Waals surface area contributed by atoms with Crippen molar-refractivity contribution >= 4 is 11.5 Å². The van der Waals surface area contributed by atoms with E-state index in [0.717, 1.165) is 49.0 Å². The first-order valence-corrected chi connectivity index (χ1v) is 7.85. The molecule has 0 radical (unpaired) electrons. The van der Waals surface area contributed by atoms with Crippen LogP contribution in [0.1, 0.15) is 24.4 Å². The van der Waals surface area contributed by atoms with Crippen LogP contribution >= 0.6 is 0 Å². The number of aryl methyl sites for hydroxylation is 1. The zero-order valence-electron chi connectivity index (χ0n) is 13.0. The fourth-order valence-electron chi connectivity index (χ4n) is 2.81. The zero-order valence-corrected chi connectivity index (χ0v) is 13.0. The van der Waals surface area contributed by atoms with E-state index in [-0.39, 0.29) is 0 Å². The fraction of sp³-hybridized carbons (Fsp3) is 0.471. The zero-order chi connectivity index (χ0) is 15.4. The Kier molecular flexibility index (Phi) is 4.63. The van der Waals surface area contributed by atoms with Crippen molar-refractivity contribution in [2.45, 2.75) is 26.3 Å². The van der Waals surface area contributed by atoms with Gasteiger partial charge in [-0.15, -0.1) is 0 Å². The van der Waals surface area contributed by atoms with E-state index in [1.807, 2.05) is 31.3 Å². The number of aliphatic hydroxyl groups excluding tert-OH is 1. The minimum absolute atomic E-state index is 0.307. The average molecular weight is 301 g/mol. The van der Waals surface area contributed by atoms with Crippen molar-refractivity contribution < 1.29 is 9.52 Å². The molecule has 3 rings (SSSR count). The Balaban J connectivity index is 1.54. The molecule has 22 heavy (non-hydrogen) atoms. The quantitative estimate of drug-likeness (QED) is 0.889. The summed E-state index contributed by atoms with van der Waals surface area (Å²) in [6.07, 6.45) is 4.01. The number of pyridine rings is 1. The fourth-order valence-corrected chi connectivity index (χ4v) is 2.81. The van der Waals surface area contributed by atoms with Gasteiger partial charge in [0.1, 0.15) is 17.3 Å². The number of rotatable bonds is 5. The molecular weight excluding hydrogens is 278 g/mol. The van der Waals surface area contributed by atoms with Crippen LogP contribution in [0.2, 0.25) is 0 Å². The first kappa shape index (κ1) is 14.9. The lowest BCUT2D eigenvalue weighted by Gasteiger charge is -2.32. The molecule has 0 bridgehead atoms. The van der Waals surface area contributed by atoms with Crippen LogP contribution in [0, 0.1) is 12.8 Å². The average Bonchev–Trinajstić information content (AvgIpc) is 2.99. The van der Waals surface area contributed by atoms with Gasteiger partial charge in [0, 0.05) is 19.7 Å². The summed E-state index contributed by atoms with van der Waals surface area (Å²) in [6, 6.07) is 8.04. The molecule has 3 heterocycles. The van der Waals surface area contributed by atoms with Gasteiger partial charge in [0.15, 0.2) is 0 Å². The van der Waals surface area contributed by atoms with Gasteiger partial charge in [-0.25, -0.2) is 4.98 Å². The number of hydrogen-bond acceptors (Lipinski definition) is 5. The second-order valence-electron chi connectivity index (χ2n) is 5.88. The molecule has 1 aliphatic heterocycles. The van der Waals surface area contributed by atoms with E-state index >= 15 is 0 Å². The van der Waals surface area contributed by atoms with Crippen LogP contribution in [0.5, 0.6) is 0 Å². The lowest BCUT2D eigenvalue weighted by atomic mass is 9.98. The molecule has 0 aromatic carbocycles. The van der Waals surface area contributed by atoms with Crippen LogP contribution in [-0.4, -0.2) is 29.8 Å². The molecule has 2 aromatic rings. The number of piperidine rings is 1. The summed E-state index contributed by atoms with van der Waals surface area (Å²) >= 11 is 0. The van der Waals surface area contributed by atoms with Gasteiger partial charge < -0.3 is 19.7 Å². The lowest BCUT2D eigenvalue weighted by Crippen LogP contribution is -2.34. The molecular formula is C17H23N3O2. The van der Waals surface area contributed by atoms with Crippen molar-refractivity contribution in [1.82, 2.24) is 4.98 Å². The highest BCUT2D eigenvalue weighted by molar-refractivity contribution is 5.49. The number of nitrogens with zero attached hydrogens (tertiary/aromatic N) is 2. The first-order valence-electron chi connectivity index (χ1n) is 7.85. The molecule has 0 amide bonds. The molecule has 0 atom stereocenters. The number of furan rings is 1. The molecule has 118 valence electrons. The van der Waals surface area contributed by atoms with Crippen molar-refractivity contribution in [2.75, 3.05) is 29.9 Å². The van der Waals surface area contributed by atoms with Crippen LogP contribution in [0.25, 0.3) is 0 Å². The maximum Gasteiger partial charge on any atom is 0.126 e. The highest BCUT2D eigenvalue weighted by Crippen LogP contribution is 2.23. The van der Waals surface area contributed by atoms with E-state index in [1.54, 1.807) is 0 Å². The van der Waals surface area contributed by atoms with Gasteiger partial charge in [-0.1, -0.05) is 0 Å². The summed E-state index contributed by atoms with van der Waals surface area (Å²) in [5, 5.41) is 12.5. The predicted octanol–water partition coefficient (Wildman–Crippen LogP) is 2.80. The Bertz CT molecular complexity index is 586. The van der Waals surface area contributed by atoms with Crippen molar-refractivity contribution in [2.24, 2.45) is 5.92 Å². The minimum Gasteiger partial charge on any atom is -0.465 e. The number of anilines is 2. The minimum atomic E-state index is 0.307. The molecule has 2 N–H and O–H groups in total. The second kappa shape index (κ2) is 6.83. The maximum atomic E-state index is 9.19. The molecule has 5 heteroatoms. The van der Waals surface area contributed by atoms with Crippen molar-refractivity contribution in [3.63, 3.8) is 0 Å². The van der Waals surface area contributed by atoms with Gasteiger partial charge in [-0.3, -0.25) is 0 Å². The topological polar surface area (TPSA) is 61.5 Å². The summed E-state index contributed by atoms with van der Waals surface area (Å²) in [7, 11) is 0. The van der Waals surface area contributed by atoms with Gasteiger partial charge in [0.2, 0.25) is 0 Å². The van der Waals surface area contributed by atoms with Crippen molar-refractivity contribution in [3.05, 3.63) is 42.0 Å². The van der Waals surface area contributed by atoms with E-state index < -0.39 is 0 Å². The highest BCUT2D eigenvalue weighted by Gasteiger charge is 2.18. The van der Waals surface area contributed by atoms with Gasteiger partial charge in [-0.2, -0.15) is 0 Å². The Morgan fingerprint density at radius 1 is 1.27 bits per heavy atom. The molecule has 2 aromatic heterocycles. The molecule has 1 fully saturated rings. The maximum absolute atomic E-state index is 9.19. The number of nitrogens with one attached hydrogen (secondary N) is 1. The molecule has 0 aliphatic carbocycles. The van der Waals surface area contributed by atoms with Crippen LogP contribution < -0.4 is 10.2 Å². The van der Waals surface area contributed by atoms with E-state index in [2.05, 4.69) is 21.3 Å². The number of aliphatic hydroxyl groups is 1. The Hall–Kier alpha value is -2.01. The molecule has 1 aliphatic rings. The van der Waals surface area contributed by atoms with Crippen molar-refractivity contribution in [3.8, 4) is 0 Å². The molecule has 0 unspecified atom stereocenters. The summed E-state index contributed by atoms with van der Waals surface area (Å²) in [5.41, 5.74) is 1.15. The van der Waals surface area contributed by atoms with E-state index in [0.29, 0.717) is 19.1 Å². The summed E-state index contributed by atoms with van der Waals surface area (Å²) in [4.78, 5) is 6.80. The first-order chi connectivity index (χ1) is 10.7. The third-order valence-electron chi connectivity index (χ3n) is 4.23. The monoisotopic (exact) mass is 301 g/mol. The standard InChI is InChI=1S/C17H23N3O2/c1-13-2-4-16(22-13)11-19-17-5-3-15(10-18-17)20-8-6-14(12-21)7-9-20/h2-5,10,14,21H,6-9,11-12H2,1H3,(H,18,19). The Morgan fingerprint density at radius 3 is 2.68 bits per heavy atom. The van der Waals surface area contributed by atoms with Crippen LogP contribution in [-0.2, 0) is 6.54 Å². The second-order valence-corrected chi connectivity index (χ2v) is 5.88. The van der Waals surface area contributed by atoms with E-state index in [1.165, 1.54) is 0 Å². The van der Waals surface area contributed by atoms with E-state index in [4.69, 9.17) is 4.42 Å². The normalized spacial score (nSPS) is 16.0. The summed E-state index contributed by atoms with van der Waals surface area (Å²) in [6.45, 7) is 4.87. The Labute approximate surface area is 131 Å². The molecule has 0 saturated carbocycles. The molecule has 1 saturated heterocycles. The largest absolute Gasteiger partial charge is 0.465 e. The van der Waals surface area contributed by atoms with Crippen LogP contribution in [0.3, 0.4) is 0 Å². The van der Waals surface area contributed by atoms with Crippen LogP contribution in [0.15, 0.2) is 34.9 Å². The van der Waals surface area contributed by atoms with E-state index in [9.17, 15) is 5.11 Å². The molecule has 5 nitrogen and oxygen atoms in total. The van der Waals surface area contributed by atoms with Gasteiger partial charge in [0.25, 0.3) is 0 Å². The van der Waals surface area contributed by atoms with Crippen LogP contribution in [0.4, 0.5) is 11.5 Å². The predicted molar refractivity (Wildman–Crippen MR) is 87.0 cm³/mol. The Morgan fingerprint density at radius 2 is 2.09 bits per heavy atom. The third-order valence-corrected chi connectivity index (χ3v) is 4.23. The lowest BCUT2D eigenvalue weighted by molar-refractivity contribution is 0.203. The number of hydrogen-bond donors (Lipinski definition) is 2. The summed E-state index contributed by atoms with van der Waals surface area (Å²) in [5.74, 6) is 3.14. The van der Waals surface area contributed by atoms with Gasteiger partial charge in [-0.05, 0) is 49.9 Å². The summed E-state index contributed by atoms with van der Waals surface area (Å²) < 4.78 is 5.53. The van der Waals surface area contributed by atoms with Crippen molar-refractivity contribution in [1.29, 1.82) is 0 Å².